The van der Waals surface area contributed by atoms with Crippen LogP contribution in [0.2, 0.25) is 0 Å². The summed E-state index contributed by atoms with van der Waals surface area (Å²) in [5.41, 5.74) is 7.28. The van der Waals surface area contributed by atoms with Crippen LogP contribution in [0, 0.1) is 0 Å². The summed E-state index contributed by atoms with van der Waals surface area (Å²) in [6.07, 6.45) is 0.156. The molecule has 2 rings (SSSR count). The zero-order chi connectivity index (χ0) is 16.8. The topological polar surface area (TPSA) is 98.5 Å². The van der Waals surface area contributed by atoms with Gasteiger partial charge in [0.25, 0.3) is 5.91 Å². The Hall–Kier alpha value is -3.15. The number of carbonyl (C=O) groups is 3. The first-order chi connectivity index (χ1) is 11.0. The van der Waals surface area contributed by atoms with E-state index in [0.29, 0.717) is 16.8 Å². The number of esters is 1. The number of benzene rings is 2. The first-order valence-corrected chi connectivity index (χ1v) is 6.86. The minimum Gasteiger partial charge on any atom is -0.465 e. The molecule has 0 spiro atoms. The molecule has 0 bridgehead atoms. The number of hydrogen-bond acceptors (Lipinski definition) is 4. The predicted octanol–water partition coefficient (Wildman–Crippen LogP) is 1.75. The van der Waals surface area contributed by atoms with Crippen molar-refractivity contribution in [2.24, 2.45) is 5.73 Å². The maximum Gasteiger partial charge on any atom is 0.337 e. The highest BCUT2D eigenvalue weighted by atomic mass is 16.5. The van der Waals surface area contributed by atoms with Gasteiger partial charge in [0.05, 0.1) is 19.1 Å². The van der Waals surface area contributed by atoms with E-state index in [2.05, 4.69) is 10.1 Å². The number of rotatable bonds is 5. The SMILES string of the molecule is COC(=O)c1ccc(C(=O)Nc2ccc(CC(N)=O)cc2)cc1. The molecule has 0 saturated heterocycles. The van der Waals surface area contributed by atoms with Gasteiger partial charge in [-0.15, -0.1) is 0 Å². The third kappa shape index (κ3) is 4.41. The lowest BCUT2D eigenvalue weighted by Gasteiger charge is -2.07. The molecule has 0 heterocycles. The van der Waals surface area contributed by atoms with Crippen molar-refractivity contribution < 1.29 is 19.1 Å². The Morgan fingerprint density at radius 1 is 0.957 bits per heavy atom. The Bertz CT molecular complexity index is 721. The third-order valence-corrected chi connectivity index (χ3v) is 3.16. The first-order valence-electron chi connectivity index (χ1n) is 6.86. The van der Waals surface area contributed by atoms with Crippen molar-refractivity contribution in [2.45, 2.75) is 6.42 Å². The summed E-state index contributed by atoms with van der Waals surface area (Å²) in [5, 5.41) is 2.73. The van der Waals surface area contributed by atoms with Crippen LogP contribution in [0.3, 0.4) is 0 Å². The quantitative estimate of drug-likeness (QED) is 0.822. The van der Waals surface area contributed by atoms with Crippen LogP contribution in [0.4, 0.5) is 5.69 Å². The zero-order valence-corrected chi connectivity index (χ0v) is 12.5. The van der Waals surface area contributed by atoms with Crippen molar-refractivity contribution in [1.82, 2.24) is 0 Å². The summed E-state index contributed by atoms with van der Waals surface area (Å²) >= 11 is 0. The molecule has 0 fully saturated rings. The minimum atomic E-state index is -0.456. The van der Waals surface area contributed by atoms with E-state index in [1.165, 1.54) is 19.2 Å². The second-order valence-electron chi connectivity index (χ2n) is 4.86. The second kappa shape index (κ2) is 7.22. The van der Waals surface area contributed by atoms with Gasteiger partial charge in [0, 0.05) is 11.3 Å². The van der Waals surface area contributed by atoms with Crippen molar-refractivity contribution >= 4 is 23.5 Å². The number of anilines is 1. The van der Waals surface area contributed by atoms with E-state index in [0.717, 1.165) is 5.56 Å². The Morgan fingerprint density at radius 3 is 2.04 bits per heavy atom. The summed E-state index contributed by atoms with van der Waals surface area (Å²) in [7, 11) is 1.30. The molecule has 2 aromatic carbocycles. The van der Waals surface area contributed by atoms with E-state index in [9.17, 15) is 14.4 Å². The average Bonchev–Trinajstić information content (AvgIpc) is 2.55. The van der Waals surface area contributed by atoms with Crippen molar-refractivity contribution in [3.05, 3.63) is 65.2 Å². The molecular weight excluding hydrogens is 296 g/mol. The summed E-state index contributed by atoms with van der Waals surface area (Å²) in [6.45, 7) is 0. The van der Waals surface area contributed by atoms with Gasteiger partial charge in [0.15, 0.2) is 0 Å². The lowest BCUT2D eigenvalue weighted by molar-refractivity contribution is -0.117. The van der Waals surface area contributed by atoms with Gasteiger partial charge in [-0.25, -0.2) is 4.79 Å². The molecule has 0 aliphatic rings. The van der Waals surface area contributed by atoms with E-state index in [1.807, 2.05) is 0 Å². The largest absolute Gasteiger partial charge is 0.465 e. The lowest BCUT2D eigenvalue weighted by atomic mass is 10.1. The van der Waals surface area contributed by atoms with Crippen LogP contribution < -0.4 is 11.1 Å². The molecule has 23 heavy (non-hydrogen) atoms. The van der Waals surface area contributed by atoms with E-state index in [1.54, 1.807) is 36.4 Å². The molecule has 0 radical (unpaired) electrons. The molecule has 0 unspecified atom stereocenters. The number of primary amides is 1. The summed E-state index contributed by atoms with van der Waals surface area (Å²) < 4.78 is 4.60. The number of amides is 2. The summed E-state index contributed by atoms with van der Waals surface area (Å²) in [6, 6.07) is 13.0. The Balaban J connectivity index is 2.03. The molecule has 3 N–H and O–H groups in total. The second-order valence-corrected chi connectivity index (χ2v) is 4.86. The Labute approximate surface area is 133 Å². The van der Waals surface area contributed by atoms with Crippen LogP contribution in [0.5, 0.6) is 0 Å². The van der Waals surface area contributed by atoms with Gasteiger partial charge in [0.1, 0.15) is 0 Å². The maximum absolute atomic E-state index is 12.1. The monoisotopic (exact) mass is 312 g/mol. The van der Waals surface area contributed by atoms with Crippen LogP contribution in [0.15, 0.2) is 48.5 Å². The van der Waals surface area contributed by atoms with Gasteiger partial charge in [0.2, 0.25) is 5.91 Å². The smallest absolute Gasteiger partial charge is 0.337 e. The molecule has 118 valence electrons. The summed E-state index contributed by atoms with van der Waals surface area (Å²) in [4.78, 5) is 34.3. The predicted molar refractivity (Wildman–Crippen MR) is 85.1 cm³/mol. The number of methoxy groups -OCH3 is 1. The van der Waals surface area contributed by atoms with Crippen molar-refractivity contribution in [3.63, 3.8) is 0 Å². The minimum absolute atomic E-state index is 0.156. The molecule has 0 aliphatic heterocycles. The fourth-order valence-electron chi connectivity index (χ4n) is 1.99. The number of hydrogen-bond donors (Lipinski definition) is 2. The van der Waals surface area contributed by atoms with Gasteiger partial charge in [-0.3, -0.25) is 9.59 Å². The van der Waals surface area contributed by atoms with Crippen LogP contribution in [0.1, 0.15) is 26.3 Å². The van der Waals surface area contributed by atoms with Crippen LogP contribution in [-0.4, -0.2) is 24.9 Å². The standard InChI is InChI=1S/C17H16N2O4/c1-23-17(22)13-6-4-12(5-7-13)16(21)19-14-8-2-11(3-9-14)10-15(18)20/h2-9H,10H2,1H3,(H2,18,20)(H,19,21). The lowest BCUT2D eigenvalue weighted by Crippen LogP contribution is -2.14. The van der Waals surface area contributed by atoms with Gasteiger partial charge >= 0.3 is 5.97 Å². The fraction of sp³-hybridized carbons (Fsp3) is 0.118. The number of carbonyl (C=O) groups excluding carboxylic acids is 3. The highest BCUT2D eigenvalue weighted by molar-refractivity contribution is 6.04. The number of nitrogens with one attached hydrogen (secondary N) is 1. The molecule has 0 atom stereocenters. The number of ether oxygens (including phenoxy) is 1. The van der Waals surface area contributed by atoms with Crippen molar-refractivity contribution in [1.29, 1.82) is 0 Å². The normalized spacial score (nSPS) is 9.96. The van der Waals surface area contributed by atoms with Crippen molar-refractivity contribution in [3.8, 4) is 0 Å². The van der Waals surface area contributed by atoms with Gasteiger partial charge in [-0.1, -0.05) is 12.1 Å². The molecule has 6 heteroatoms. The fourth-order valence-corrected chi connectivity index (χ4v) is 1.99. The van der Waals surface area contributed by atoms with Gasteiger partial charge in [-0.05, 0) is 42.0 Å². The Morgan fingerprint density at radius 2 is 1.52 bits per heavy atom. The van der Waals surface area contributed by atoms with E-state index in [-0.39, 0.29) is 12.3 Å². The van der Waals surface area contributed by atoms with Crippen molar-refractivity contribution in [2.75, 3.05) is 12.4 Å². The third-order valence-electron chi connectivity index (χ3n) is 3.16. The van der Waals surface area contributed by atoms with Crippen LogP contribution in [-0.2, 0) is 16.0 Å². The molecule has 6 nitrogen and oxygen atoms in total. The average molecular weight is 312 g/mol. The highest BCUT2D eigenvalue weighted by Crippen LogP contribution is 2.13. The van der Waals surface area contributed by atoms with E-state index in [4.69, 9.17) is 5.73 Å². The van der Waals surface area contributed by atoms with E-state index >= 15 is 0 Å². The van der Waals surface area contributed by atoms with Crippen LogP contribution >= 0.6 is 0 Å². The molecule has 2 amide bonds. The van der Waals surface area contributed by atoms with Gasteiger partial charge < -0.3 is 15.8 Å². The molecule has 0 saturated carbocycles. The Kier molecular flexibility index (Phi) is 5.09. The number of nitrogens with two attached hydrogens (primary N) is 1. The van der Waals surface area contributed by atoms with E-state index < -0.39 is 11.9 Å². The molecule has 2 aromatic rings. The summed E-state index contributed by atoms with van der Waals surface area (Å²) in [5.74, 6) is -1.17. The maximum atomic E-state index is 12.1. The van der Waals surface area contributed by atoms with Gasteiger partial charge in [-0.2, -0.15) is 0 Å². The molecule has 0 aliphatic carbocycles. The van der Waals surface area contributed by atoms with Crippen LogP contribution in [0.25, 0.3) is 0 Å². The first kappa shape index (κ1) is 16.2. The molecular formula is C17H16N2O4. The highest BCUT2D eigenvalue weighted by Gasteiger charge is 2.09. The zero-order valence-electron chi connectivity index (χ0n) is 12.5. The molecule has 0 aromatic heterocycles.